The minimum Gasteiger partial charge on any atom is -0.467 e. The van der Waals surface area contributed by atoms with Gasteiger partial charge in [-0.05, 0) is 37.0 Å². The van der Waals surface area contributed by atoms with Gasteiger partial charge in [-0.1, -0.05) is 33.6 Å². The molecule has 0 aromatic carbocycles. The van der Waals surface area contributed by atoms with Gasteiger partial charge in [-0.3, -0.25) is 9.59 Å². The van der Waals surface area contributed by atoms with Gasteiger partial charge in [0.2, 0.25) is 5.91 Å². The Labute approximate surface area is 144 Å². The molecule has 3 atom stereocenters. The van der Waals surface area contributed by atoms with Crippen molar-refractivity contribution >= 4 is 17.7 Å². The topological polar surface area (TPSA) is 72.5 Å². The van der Waals surface area contributed by atoms with E-state index < -0.39 is 12.0 Å². The summed E-state index contributed by atoms with van der Waals surface area (Å²) in [6, 6.07) is -0.723. The van der Waals surface area contributed by atoms with Crippen LogP contribution in [0.5, 0.6) is 0 Å². The Morgan fingerprint density at radius 1 is 1.25 bits per heavy atom. The van der Waals surface area contributed by atoms with Crippen LogP contribution in [0, 0.1) is 23.2 Å². The number of carbonyl (C=O) groups excluding carboxylic acids is 3. The largest absolute Gasteiger partial charge is 0.467 e. The number of Topliss-reactive ketones (excluding diaryl/α,β-unsaturated/α-hetero) is 1. The van der Waals surface area contributed by atoms with Crippen molar-refractivity contribution in [3.63, 3.8) is 0 Å². The first-order valence-electron chi connectivity index (χ1n) is 9.13. The van der Waals surface area contributed by atoms with E-state index in [4.69, 9.17) is 4.74 Å². The lowest BCUT2D eigenvalue weighted by atomic mass is 9.71. The van der Waals surface area contributed by atoms with Crippen molar-refractivity contribution in [1.29, 1.82) is 0 Å². The molecular formula is C19H31NO4. The standard InChI is InChI=1S/C19H31NO4/c1-12(9-13-5-6-13)17(22)20-15(18(23)24-4)10-14-7-8-19(2,3)11-16(14)21/h12-15H,5-11H2,1-4H3,(H,20,22)/t12-,14?,15-/m0/s1. The molecule has 0 saturated heterocycles. The molecule has 1 amide bonds. The zero-order valence-electron chi connectivity index (χ0n) is 15.4. The summed E-state index contributed by atoms with van der Waals surface area (Å²) < 4.78 is 4.84. The maximum Gasteiger partial charge on any atom is 0.328 e. The zero-order chi connectivity index (χ0) is 17.9. The van der Waals surface area contributed by atoms with Gasteiger partial charge in [-0.15, -0.1) is 0 Å². The molecule has 1 unspecified atom stereocenters. The van der Waals surface area contributed by atoms with E-state index in [2.05, 4.69) is 19.2 Å². The second kappa shape index (κ2) is 7.66. The van der Waals surface area contributed by atoms with E-state index in [0.717, 1.165) is 19.3 Å². The average molecular weight is 337 g/mol. The molecular weight excluding hydrogens is 306 g/mol. The fourth-order valence-electron chi connectivity index (χ4n) is 3.60. The van der Waals surface area contributed by atoms with Crippen LogP contribution >= 0.6 is 0 Å². The molecule has 136 valence electrons. The van der Waals surface area contributed by atoms with Crippen LogP contribution in [0.25, 0.3) is 0 Å². The molecule has 2 saturated carbocycles. The number of nitrogens with one attached hydrogen (secondary N) is 1. The molecule has 0 spiro atoms. The molecule has 2 aliphatic carbocycles. The van der Waals surface area contributed by atoms with E-state index in [9.17, 15) is 14.4 Å². The number of rotatable bonds is 7. The molecule has 24 heavy (non-hydrogen) atoms. The van der Waals surface area contributed by atoms with Crippen LogP contribution in [0.1, 0.15) is 65.7 Å². The van der Waals surface area contributed by atoms with Crippen LogP contribution in [-0.2, 0) is 19.1 Å². The van der Waals surface area contributed by atoms with Gasteiger partial charge in [0.25, 0.3) is 0 Å². The molecule has 2 rings (SSSR count). The Kier molecular flexibility index (Phi) is 6.05. The number of carbonyl (C=O) groups is 3. The van der Waals surface area contributed by atoms with Gasteiger partial charge in [0.1, 0.15) is 11.8 Å². The molecule has 0 aromatic heterocycles. The number of esters is 1. The van der Waals surface area contributed by atoms with E-state index in [1.807, 2.05) is 6.92 Å². The quantitative estimate of drug-likeness (QED) is 0.725. The van der Waals surface area contributed by atoms with E-state index in [1.165, 1.54) is 20.0 Å². The molecule has 0 radical (unpaired) electrons. The minimum absolute atomic E-state index is 0.0381. The maximum absolute atomic E-state index is 12.4. The predicted octanol–water partition coefficient (Wildman–Crippen LogP) is 2.87. The van der Waals surface area contributed by atoms with Gasteiger partial charge in [0.15, 0.2) is 0 Å². The number of ketones is 1. The third-order valence-electron chi connectivity index (χ3n) is 5.43. The third kappa shape index (κ3) is 5.32. The van der Waals surface area contributed by atoms with Crippen LogP contribution in [0.3, 0.4) is 0 Å². The maximum atomic E-state index is 12.4. The summed E-state index contributed by atoms with van der Waals surface area (Å²) >= 11 is 0. The SMILES string of the molecule is COC(=O)[C@H](CC1CCC(C)(C)CC1=O)NC(=O)[C@@H](C)CC1CC1. The van der Waals surface area contributed by atoms with Gasteiger partial charge in [0.05, 0.1) is 7.11 Å². The molecule has 1 N–H and O–H groups in total. The summed E-state index contributed by atoms with van der Waals surface area (Å²) in [5.74, 6) is 0.0113. The highest BCUT2D eigenvalue weighted by molar-refractivity contribution is 5.87. The Morgan fingerprint density at radius 2 is 1.92 bits per heavy atom. The molecule has 0 aromatic rings. The summed E-state index contributed by atoms with van der Waals surface area (Å²) in [5, 5.41) is 2.82. The molecule has 5 heteroatoms. The second-order valence-corrected chi connectivity index (χ2v) is 8.44. The lowest BCUT2D eigenvalue weighted by molar-refractivity contribution is -0.146. The van der Waals surface area contributed by atoms with Crippen LogP contribution < -0.4 is 5.32 Å². The number of amides is 1. The molecule has 2 aliphatic rings. The van der Waals surface area contributed by atoms with E-state index in [-0.39, 0.29) is 28.9 Å². The van der Waals surface area contributed by atoms with Crippen molar-refractivity contribution in [1.82, 2.24) is 5.32 Å². The lowest BCUT2D eigenvalue weighted by Gasteiger charge is -2.34. The highest BCUT2D eigenvalue weighted by Crippen LogP contribution is 2.38. The van der Waals surface area contributed by atoms with Crippen LogP contribution in [0.4, 0.5) is 0 Å². The summed E-state index contributed by atoms with van der Waals surface area (Å²) in [5.41, 5.74) is 0.0381. The first-order chi connectivity index (χ1) is 11.2. The van der Waals surface area contributed by atoms with Crippen molar-refractivity contribution in [2.45, 2.75) is 71.8 Å². The number of ether oxygens (including phenoxy) is 1. The number of hydrogen-bond donors (Lipinski definition) is 1. The first-order valence-corrected chi connectivity index (χ1v) is 9.13. The third-order valence-corrected chi connectivity index (χ3v) is 5.43. The van der Waals surface area contributed by atoms with Gasteiger partial charge in [-0.25, -0.2) is 4.79 Å². The van der Waals surface area contributed by atoms with Gasteiger partial charge in [-0.2, -0.15) is 0 Å². The van der Waals surface area contributed by atoms with Gasteiger partial charge < -0.3 is 10.1 Å². The molecule has 2 fully saturated rings. The lowest BCUT2D eigenvalue weighted by Crippen LogP contribution is -2.46. The van der Waals surface area contributed by atoms with Crippen molar-refractivity contribution in [3.8, 4) is 0 Å². The average Bonchev–Trinajstić information content (AvgIpc) is 3.31. The Bertz CT molecular complexity index is 496. The fraction of sp³-hybridized carbons (Fsp3) is 0.842. The van der Waals surface area contributed by atoms with Crippen molar-refractivity contribution in [3.05, 3.63) is 0 Å². The smallest absolute Gasteiger partial charge is 0.328 e. The monoisotopic (exact) mass is 337 g/mol. The fourth-order valence-corrected chi connectivity index (χ4v) is 3.60. The molecule has 0 bridgehead atoms. The van der Waals surface area contributed by atoms with Crippen LogP contribution in [0.2, 0.25) is 0 Å². The van der Waals surface area contributed by atoms with E-state index in [0.29, 0.717) is 18.8 Å². The van der Waals surface area contributed by atoms with E-state index in [1.54, 1.807) is 0 Å². The second-order valence-electron chi connectivity index (χ2n) is 8.44. The summed E-state index contributed by atoms with van der Waals surface area (Å²) in [4.78, 5) is 36.8. The van der Waals surface area contributed by atoms with Gasteiger partial charge >= 0.3 is 5.97 Å². The molecule has 0 aliphatic heterocycles. The van der Waals surface area contributed by atoms with Crippen molar-refractivity contribution in [2.75, 3.05) is 7.11 Å². The minimum atomic E-state index is -0.723. The Hall–Kier alpha value is -1.39. The summed E-state index contributed by atoms with van der Waals surface area (Å²) in [6.07, 6.45) is 5.89. The van der Waals surface area contributed by atoms with E-state index >= 15 is 0 Å². The van der Waals surface area contributed by atoms with Crippen LogP contribution in [0.15, 0.2) is 0 Å². The highest BCUT2D eigenvalue weighted by Gasteiger charge is 2.37. The zero-order valence-corrected chi connectivity index (χ0v) is 15.4. The first kappa shape index (κ1) is 18.9. The number of hydrogen-bond acceptors (Lipinski definition) is 4. The normalized spacial score (nSPS) is 25.7. The molecule has 0 heterocycles. The number of methoxy groups -OCH3 is 1. The predicted molar refractivity (Wildman–Crippen MR) is 91.2 cm³/mol. The molecule has 5 nitrogen and oxygen atoms in total. The van der Waals surface area contributed by atoms with Crippen LogP contribution in [-0.4, -0.2) is 30.8 Å². The van der Waals surface area contributed by atoms with Gasteiger partial charge in [0, 0.05) is 18.3 Å². The van der Waals surface area contributed by atoms with Crippen molar-refractivity contribution < 1.29 is 19.1 Å². The highest BCUT2D eigenvalue weighted by atomic mass is 16.5. The summed E-state index contributed by atoms with van der Waals surface area (Å²) in [7, 11) is 1.32. The van der Waals surface area contributed by atoms with Crippen molar-refractivity contribution in [2.24, 2.45) is 23.2 Å². The Morgan fingerprint density at radius 3 is 2.46 bits per heavy atom. The Balaban J connectivity index is 1.94. The summed E-state index contributed by atoms with van der Waals surface area (Å²) in [6.45, 7) is 6.09.